The predicted octanol–water partition coefficient (Wildman–Crippen LogP) is 5.22. The van der Waals surface area contributed by atoms with E-state index in [-0.39, 0.29) is 16.1 Å². The molecule has 0 bridgehead atoms. The van der Waals surface area contributed by atoms with Crippen molar-refractivity contribution in [3.8, 4) is 0 Å². The Morgan fingerprint density at radius 3 is 2.03 bits per heavy atom. The Balaban J connectivity index is 0.000000572. The van der Waals surface area contributed by atoms with Crippen LogP contribution < -0.4 is 9.62 Å². The summed E-state index contributed by atoms with van der Waals surface area (Å²) in [5.74, 6) is -3.89. The topological polar surface area (TPSA) is 124 Å². The number of alkyl halides is 3. The van der Waals surface area contributed by atoms with E-state index < -0.39 is 28.1 Å². The lowest BCUT2D eigenvalue weighted by Crippen LogP contribution is -2.21. The van der Waals surface area contributed by atoms with Crippen molar-refractivity contribution in [2.75, 3.05) is 16.7 Å². The molecule has 3 N–H and O–H groups in total. The first-order valence-electron chi connectivity index (χ1n) is 9.91. The fourth-order valence-corrected chi connectivity index (χ4v) is 4.17. The maximum atomic E-state index is 12.8. The fourth-order valence-electron chi connectivity index (χ4n) is 2.84. The van der Waals surface area contributed by atoms with Gasteiger partial charge in [0.05, 0.1) is 21.8 Å². The molecular formula is C23H20BrF3N2O6S. The number of anilines is 2. The number of carboxylic acids is 2. The van der Waals surface area contributed by atoms with Gasteiger partial charge in [0.1, 0.15) is 0 Å². The molecule has 13 heteroatoms. The highest BCUT2D eigenvalue weighted by atomic mass is 79.9. The van der Waals surface area contributed by atoms with E-state index in [0.717, 1.165) is 10.0 Å². The van der Waals surface area contributed by atoms with Crippen molar-refractivity contribution in [3.05, 3.63) is 88.4 Å². The minimum Gasteiger partial charge on any atom is -0.478 e. The van der Waals surface area contributed by atoms with Crippen molar-refractivity contribution in [2.24, 2.45) is 0 Å². The van der Waals surface area contributed by atoms with Crippen molar-refractivity contribution in [1.29, 1.82) is 0 Å². The van der Waals surface area contributed by atoms with Gasteiger partial charge in [0, 0.05) is 18.1 Å². The molecule has 8 nitrogen and oxygen atoms in total. The highest BCUT2D eigenvalue weighted by molar-refractivity contribution is 9.10. The monoisotopic (exact) mass is 588 g/mol. The normalized spacial score (nSPS) is 11.1. The van der Waals surface area contributed by atoms with Gasteiger partial charge in [-0.2, -0.15) is 13.2 Å². The minimum absolute atomic E-state index is 0.00429. The standard InChI is InChI=1S/C21H19BrN2O4S.C2HF3O2/c1-24(14-15-5-3-2-4-6-15)20-12-7-16(21(25)26)13-19(20)23-29(27,28)18-10-8-17(22)9-11-18;3-2(4,5)1(6)7/h2-13,23H,14H2,1H3,(H,25,26);(H,6,7). The number of rotatable bonds is 7. The van der Waals surface area contributed by atoms with E-state index in [4.69, 9.17) is 9.90 Å². The Hall–Kier alpha value is -3.58. The van der Waals surface area contributed by atoms with E-state index in [1.165, 1.54) is 24.3 Å². The van der Waals surface area contributed by atoms with Gasteiger partial charge in [-0.05, 0) is 48.0 Å². The lowest BCUT2D eigenvalue weighted by molar-refractivity contribution is -0.192. The van der Waals surface area contributed by atoms with Crippen LogP contribution in [-0.2, 0) is 21.4 Å². The fraction of sp³-hybridized carbons (Fsp3) is 0.130. The molecule has 0 fully saturated rings. The lowest BCUT2D eigenvalue weighted by atomic mass is 10.1. The summed E-state index contributed by atoms with van der Waals surface area (Å²) < 4.78 is 60.7. The molecule has 192 valence electrons. The molecule has 0 saturated carbocycles. The Morgan fingerprint density at radius 1 is 0.972 bits per heavy atom. The molecule has 3 aromatic carbocycles. The summed E-state index contributed by atoms with van der Waals surface area (Å²) in [5.41, 5.74) is 1.81. The van der Waals surface area contributed by atoms with Crippen molar-refractivity contribution in [1.82, 2.24) is 0 Å². The molecule has 0 heterocycles. The summed E-state index contributed by atoms with van der Waals surface area (Å²) in [5, 5.41) is 16.4. The Labute approximate surface area is 213 Å². The van der Waals surface area contributed by atoms with E-state index in [0.29, 0.717) is 12.2 Å². The number of halogens is 4. The molecule has 0 aliphatic rings. The summed E-state index contributed by atoms with van der Waals surface area (Å²) in [6.45, 7) is 0.528. The molecule has 0 unspecified atom stereocenters. The second kappa shape index (κ2) is 11.9. The van der Waals surface area contributed by atoms with E-state index in [9.17, 15) is 31.5 Å². The molecule has 0 aliphatic carbocycles. The summed E-state index contributed by atoms with van der Waals surface area (Å²) in [6, 6.07) is 20.3. The van der Waals surface area contributed by atoms with E-state index in [1.54, 1.807) is 18.2 Å². The maximum Gasteiger partial charge on any atom is 0.490 e. The number of aromatic carboxylic acids is 1. The van der Waals surface area contributed by atoms with Crippen LogP contribution >= 0.6 is 15.9 Å². The van der Waals surface area contributed by atoms with Crippen molar-refractivity contribution < 1.29 is 41.4 Å². The second-order valence-corrected chi connectivity index (χ2v) is 9.84. The van der Waals surface area contributed by atoms with E-state index >= 15 is 0 Å². The molecule has 0 atom stereocenters. The van der Waals surface area contributed by atoms with Crippen LogP contribution in [0, 0.1) is 0 Å². The van der Waals surface area contributed by atoms with E-state index in [2.05, 4.69) is 20.7 Å². The van der Waals surface area contributed by atoms with Crippen LogP contribution in [0.2, 0.25) is 0 Å². The molecule has 36 heavy (non-hydrogen) atoms. The van der Waals surface area contributed by atoms with Gasteiger partial charge in [0.25, 0.3) is 10.0 Å². The molecule has 3 aromatic rings. The number of benzene rings is 3. The minimum atomic E-state index is -5.08. The molecule has 0 spiro atoms. The smallest absolute Gasteiger partial charge is 0.478 e. The van der Waals surface area contributed by atoms with Gasteiger partial charge >= 0.3 is 18.1 Å². The highest BCUT2D eigenvalue weighted by Gasteiger charge is 2.38. The number of carbonyl (C=O) groups is 2. The van der Waals surface area contributed by atoms with Gasteiger partial charge < -0.3 is 15.1 Å². The van der Waals surface area contributed by atoms with Gasteiger partial charge in [-0.15, -0.1) is 0 Å². The first kappa shape index (κ1) is 28.7. The van der Waals surface area contributed by atoms with Crippen molar-refractivity contribution in [2.45, 2.75) is 17.6 Å². The van der Waals surface area contributed by atoms with Crippen molar-refractivity contribution >= 4 is 49.3 Å². The average Bonchev–Trinajstić information content (AvgIpc) is 2.79. The summed E-state index contributed by atoms with van der Waals surface area (Å²) in [4.78, 5) is 22.2. The summed E-state index contributed by atoms with van der Waals surface area (Å²) >= 11 is 3.28. The maximum absolute atomic E-state index is 12.8. The first-order valence-corrected chi connectivity index (χ1v) is 12.2. The molecular weight excluding hydrogens is 569 g/mol. The third-order valence-corrected chi connectivity index (χ3v) is 6.44. The molecule has 0 amide bonds. The lowest BCUT2D eigenvalue weighted by Gasteiger charge is -2.23. The van der Waals surface area contributed by atoms with Crippen LogP contribution in [0.25, 0.3) is 0 Å². The van der Waals surface area contributed by atoms with Crippen LogP contribution in [0.5, 0.6) is 0 Å². The van der Waals surface area contributed by atoms with Crippen LogP contribution in [0.4, 0.5) is 24.5 Å². The number of carboxylic acid groups (broad SMARTS) is 2. The van der Waals surface area contributed by atoms with Gasteiger partial charge in [-0.25, -0.2) is 18.0 Å². The largest absolute Gasteiger partial charge is 0.490 e. The van der Waals surface area contributed by atoms with Gasteiger partial charge in [-0.3, -0.25) is 4.72 Å². The average molecular weight is 589 g/mol. The number of hydrogen-bond donors (Lipinski definition) is 3. The van der Waals surface area contributed by atoms with Crippen LogP contribution in [0.1, 0.15) is 15.9 Å². The Kier molecular flexibility index (Phi) is 9.48. The second-order valence-electron chi connectivity index (χ2n) is 7.24. The molecule has 0 aromatic heterocycles. The Bertz CT molecular complexity index is 1320. The third-order valence-electron chi connectivity index (χ3n) is 4.53. The van der Waals surface area contributed by atoms with Gasteiger partial charge in [-0.1, -0.05) is 46.3 Å². The zero-order valence-corrected chi connectivity index (χ0v) is 20.9. The number of sulfonamides is 1. The number of hydrogen-bond acceptors (Lipinski definition) is 5. The van der Waals surface area contributed by atoms with Gasteiger partial charge in [0.2, 0.25) is 0 Å². The van der Waals surface area contributed by atoms with Crippen LogP contribution in [0.15, 0.2) is 82.2 Å². The molecule has 3 rings (SSSR count). The molecule has 0 saturated heterocycles. The zero-order valence-electron chi connectivity index (χ0n) is 18.5. The van der Waals surface area contributed by atoms with Crippen LogP contribution in [0.3, 0.4) is 0 Å². The summed E-state index contributed by atoms with van der Waals surface area (Å²) in [6.07, 6.45) is -5.08. The molecule has 0 aliphatic heterocycles. The molecule has 0 radical (unpaired) electrons. The van der Waals surface area contributed by atoms with Crippen molar-refractivity contribution in [3.63, 3.8) is 0 Å². The Morgan fingerprint density at radius 2 is 1.53 bits per heavy atom. The number of aliphatic carboxylic acids is 1. The van der Waals surface area contributed by atoms with E-state index in [1.807, 2.05) is 42.3 Å². The SMILES string of the molecule is CN(Cc1ccccc1)c1ccc(C(=O)O)cc1NS(=O)(=O)c1ccc(Br)cc1.O=C(O)C(F)(F)F. The number of nitrogens with zero attached hydrogens (tertiary/aromatic N) is 1. The predicted molar refractivity (Wildman–Crippen MR) is 131 cm³/mol. The quantitative estimate of drug-likeness (QED) is 0.346. The van der Waals surface area contributed by atoms with Gasteiger partial charge in [0.15, 0.2) is 0 Å². The first-order chi connectivity index (χ1) is 16.7. The third kappa shape index (κ3) is 8.27. The number of nitrogens with one attached hydrogen (secondary N) is 1. The zero-order chi connectivity index (χ0) is 27.1. The highest BCUT2D eigenvalue weighted by Crippen LogP contribution is 2.30. The van der Waals surface area contributed by atoms with Crippen LogP contribution in [-0.4, -0.2) is 43.8 Å². The summed E-state index contributed by atoms with van der Waals surface area (Å²) in [7, 11) is -2.07.